The number of piperidine rings is 1. The summed E-state index contributed by atoms with van der Waals surface area (Å²) >= 11 is 6.18. The fourth-order valence-electron chi connectivity index (χ4n) is 2.81. The molecule has 2 aliphatic rings. The molecule has 4 atom stereocenters. The largest absolute Gasteiger partial charge is 0.311 e. The normalized spacial score (nSPS) is 47.0. The highest BCUT2D eigenvalue weighted by Crippen LogP contribution is 2.37. The monoisotopic (exact) mass is 187 g/mol. The Morgan fingerprint density at radius 2 is 2.00 bits per heavy atom. The predicted molar refractivity (Wildman–Crippen MR) is 52.5 cm³/mol. The molecule has 0 radical (unpaired) electrons. The average molecular weight is 188 g/mol. The Balaban J connectivity index is 2.04. The molecule has 2 saturated heterocycles. The SMILES string of the molecule is CC(C)C1CC2CC(Cl)CC1N2. The molecule has 2 aliphatic heterocycles. The van der Waals surface area contributed by atoms with Crippen molar-refractivity contribution in [3.8, 4) is 0 Å². The average Bonchev–Trinajstić information content (AvgIpc) is 2.26. The third kappa shape index (κ3) is 1.49. The fraction of sp³-hybridized carbons (Fsp3) is 1.00. The molecule has 12 heavy (non-hydrogen) atoms. The maximum atomic E-state index is 6.18. The summed E-state index contributed by atoms with van der Waals surface area (Å²) < 4.78 is 0. The molecule has 70 valence electrons. The van der Waals surface area contributed by atoms with E-state index in [1.165, 1.54) is 19.3 Å². The number of alkyl halides is 1. The maximum Gasteiger partial charge on any atom is 0.0365 e. The van der Waals surface area contributed by atoms with Crippen LogP contribution in [-0.4, -0.2) is 17.5 Å². The van der Waals surface area contributed by atoms with Gasteiger partial charge in [0.2, 0.25) is 0 Å². The Hall–Kier alpha value is 0.250. The Labute approximate surface area is 79.9 Å². The lowest BCUT2D eigenvalue weighted by molar-refractivity contribution is 0.321. The Kier molecular flexibility index (Phi) is 2.35. The van der Waals surface area contributed by atoms with Gasteiger partial charge in [-0.2, -0.15) is 0 Å². The van der Waals surface area contributed by atoms with E-state index in [-0.39, 0.29) is 0 Å². The molecular weight excluding hydrogens is 170 g/mol. The zero-order valence-electron chi connectivity index (χ0n) is 7.89. The van der Waals surface area contributed by atoms with E-state index in [2.05, 4.69) is 19.2 Å². The first-order valence-electron chi connectivity index (χ1n) is 5.07. The Morgan fingerprint density at radius 3 is 2.67 bits per heavy atom. The molecule has 0 amide bonds. The second-order valence-electron chi connectivity index (χ2n) is 4.68. The van der Waals surface area contributed by atoms with Gasteiger partial charge in [0.25, 0.3) is 0 Å². The summed E-state index contributed by atoms with van der Waals surface area (Å²) in [6.07, 6.45) is 3.72. The van der Waals surface area contributed by atoms with E-state index in [0.29, 0.717) is 11.4 Å². The number of halogens is 1. The lowest BCUT2D eigenvalue weighted by Gasteiger charge is -2.27. The van der Waals surface area contributed by atoms with Crippen LogP contribution in [0.1, 0.15) is 33.1 Å². The molecule has 0 aromatic carbocycles. The fourth-order valence-corrected chi connectivity index (χ4v) is 3.22. The smallest absolute Gasteiger partial charge is 0.0365 e. The molecule has 0 saturated carbocycles. The summed E-state index contributed by atoms with van der Waals surface area (Å²) in [7, 11) is 0. The van der Waals surface area contributed by atoms with Gasteiger partial charge in [0.15, 0.2) is 0 Å². The van der Waals surface area contributed by atoms with E-state index in [1.807, 2.05) is 0 Å². The van der Waals surface area contributed by atoms with Crippen LogP contribution in [0.25, 0.3) is 0 Å². The van der Waals surface area contributed by atoms with Gasteiger partial charge in [-0.1, -0.05) is 13.8 Å². The number of rotatable bonds is 1. The van der Waals surface area contributed by atoms with E-state index in [9.17, 15) is 0 Å². The summed E-state index contributed by atoms with van der Waals surface area (Å²) in [4.78, 5) is 0. The minimum absolute atomic E-state index is 0.435. The van der Waals surface area contributed by atoms with Gasteiger partial charge in [-0.3, -0.25) is 0 Å². The van der Waals surface area contributed by atoms with Crippen LogP contribution < -0.4 is 5.32 Å². The molecule has 0 aromatic rings. The van der Waals surface area contributed by atoms with Gasteiger partial charge in [0, 0.05) is 17.5 Å². The molecule has 1 nitrogen and oxygen atoms in total. The first-order chi connectivity index (χ1) is 5.66. The van der Waals surface area contributed by atoms with Crippen molar-refractivity contribution in [1.29, 1.82) is 0 Å². The number of nitrogens with one attached hydrogen (secondary N) is 1. The molecular formula is C10H18ClN. The van der Waals surface area contributed by atoms with Crippen LogP contribution in [-0.2, 0) is 0 Å². The quantitative estimate of drug-likeness (QED) is 0.622. The van der Waals surface area contributed by atoms with Crippen molar-refractivity contribution in [2.45, 2.75) is 50.6 Å². The van der Waals surface area contributed by atoms with E-state index in [0.717, 1.165) is 17.9 Å². The van der Waals surface area contributed by atoms with Crippen LogP contribution in [0.4, 0.5) is 0 Å². The molecule has 2 bridgehead atoms. The van der Waals surface area contributed by atoms with Gasteiger partial charge >= 0.3 is 0 Å². The number of hydrogen-bond acceptors (Lipinski definition) is 1. The van der Waals surface area contributed by atoms with Gasteiger partial charge in [-0.25, -0.2) is 0 Å². The maximum absolute atomic E-state index is 6.18. The molecule has 1 N–H and O–H groups in total. The van der Waals surface area contributed by atoms with Crippen LogP contribution in [0.5, 0.6) is 0 Å². The minimum Gasteiger partial charge on any atom is -0.311 e. The van der Waals surface area contributed by atoms with E-state index in [4.69, 9.17) is 11.6 Å². The van der Waals surface area contributed by atoms with Gasteiger partial charge in [-0.05, 0) is 31.1 Å². The molecule has 0 spiro atoms. The molecule has 4 unspecified atom stereocenters. The molecule has 2 rings (SSSR count). The molecule has 2 heteroatoms. The van der Waals surface area contributed by atoms with Gasteiger partial charge < -0.3 is 5.32 Å². The first kappa shape index (κ1) is 8.83. The highest BCUT2D eigenvalue weighted by molar-refractivity contribution is 6.20. The molecule has 0 aliphatic carbocycles. The molecule has 2 fully saturated rings. The van der Waals surface area contributed by atoms with E-state index >= 15 is 0 Å². The lowest BCUT2D eigenvalue weighted by Crippen LogP contribution is -2.40. The van der Waals surface area contributed by atoms with Crippen molar-refractivity contribution in [1.82, 2.24) is 5.32 Å². The third-order valence-electron chi connectivity index (χ3n) is 3.43. The van der Waals surface area contributed by atoms with E-state index in [1.54, 1.807) is 0 Å². The van der Waals surface area contributed by atoms with Crippen molar-refractivity contribution < 1.29 is 0 Å². The van der Waals surface area contributed by atoms with Gasteiger partial charge in [0.05, 0.1) is 0 Å². The van der Waals surface area contributed by atoms with Crippen LogP contribution in [0.15, 0.2) is 0 Å². The van der Waals surface area contributed by atoms with Crippen LogP contribution in [0.2, 0.25) is 0 Å². The zero-order valence-corrected chi connectivity index (χ0v) is 8.64. The Bertz CT molecular complexity index is 169. The second-order valence-corrected chi connectivity index (χ2v) is 5.30. The van der Waals surface area contributed by atoms with Crippen LogP contribution in [0.3, 0.4) is 0 Å². The highest BCUT2D eigenvalue weighted by Gasteiger charge is 2.40. The van der Waals surface area contributed by atoms with Crippen molar-refractivity contribution in [2.24, 2.45) is 11.8 Å². The summed E-state index contributed by atoms with van der Waals surface area (Å²) in [5.74, 6) is 1.69. The highest BCUT2D eigenvalue weighted by atomic mass is 35.5. The second kappa shape index (κ2) is 3.19. The zero-order chi connectivity index (χ0) is 8.72. The number of fused-ring (bicyclic) bond motifs is 2. The minimum atomic E-state index is 0.435. The third-order valence-corrected chi connectivity index (χ3v) is 3.79. The number of hydrogen-bond donors (Lipinski definition) is 1. The van der Waals surface area contributed by atoms with Crippen LogP contribution >= 0.6 is 11.6 Å². The topological polar surface area (TPSA) is 12.0 Å². The van der Waals surface area contributed by atoms with Crippen LogP contribution in [0, 0.1) is 11.8 Å². The molecule has 2 heterocycles. The summed E-state index contributed by atoms with van der Waals surface area (Å²) in [5, 5.41) is 4.10. The lowest BCUT2D eigenvalue weighted by atomic mass is 9.88. The predicted octanol–water partition coefficient (Wildman–Crippen LogP) is 2.39. The van der Waals surface area contributed by atoms with Crippen molar-refractivity contribution in [3.05, 3.63) is 0 Å². The van der Waals surface area contributed by atoms with E-state index < -0.39 is 0 Å². The van der Waals surface area contributed by atoms with Gasteiger partial charge in [-0.15, -0.1) is 11.6 Å². The molecule has 0 aromatic heterocycles. The standard InChI is InChI=1S/C10H18ClN/c1-6(2)9-5-8-3-7(11)4-10(9)12-8/h6-10,12H,3-5H2,1-2H3. The summed E-state index contributed by atoms with van der Waals surface area (Å²) in [5.41, 5.74) is 0. The van der Waals surface area contributed by atoms with Crippen molar-refractivity contribution >= 4 is 11.6 Å². The van der Waals surface area contributed by atoms with Gasteiger partial charge in [0.1, 0.15) is 0 Å². The Morgan fingerprint density at radius 1 is 1.25 bits per heavy atom. The van der Waals surface area contributed by atoms with Crippen molar-refractivity contribution in [3.63, 3.8) is 0 Å². The summed E-state index contributed by atoms with van der Waals surface area (Å²) in [6.45, 7) is 4.66. The summed E-state index contributed by atoms with van der Waals surface area (Å²) in [6, 6.07) is 1.44. The first-order valence-corrected chi connectivity index (χ1v) is 5.50. The van der Waals surface area contributed by atoms with Crippen molar-refractivity contribution in [2.75, 3.05) is 0 Å².